The van der Waals surface area contributed by atoms with Crippen LogP contribution in [0.2, 0.25) is 0 Å². The standard InChI is InChI=1S/C10H18O4/c1-8(2)10(11)14-7-5-6-13-9(3)12-4/h9H,1,5-7H2,2-4H3. The minimum absolute atomic E-state index is 0.216. The molecule has 4 heteroatoms. The molecule has 0 heterocycles. The Morgan fingerprint density at radius 3 is 2.57 bits per heavy atom. The molecule has 0 bridgehead atoms. The normalized spacial score (nSPS) is 12.2. The van der Waals surface area contributed by atoms with Crippen LogP contribution in [0.25, 0.3) is 0 Å². The van der Waals surface area contributed by atoms with Crippen LogP contribution in [0, 0.1) is 0 Å². The minimum atomic E-state index is -0.357. The van der Waals surface area contributed by atoms with Crippen molar-refractivity contribution in [2.75, 3.05) is 20.3 Å². The van der Waals surface area contributed by atoms with Crippen LogP contribution in [-0.4, -0.2) is 32.6 Å². The van der Waals surface area contributed by atoms with Crippen molar-refractivity contribution in [2.24, 2.45) is 0 Å². The van der Waals surface area contributed by atoms with Gasteiger partial charge in [-0.1, -0.05) is 6.58 Å². The molecule has 0 saturated heterocycles. The van der Waals surface area contributed by atoms with E-state index in [1.165, 1.54) is 0 Å². The zero-order valence-corrected chi connectivity index (χ0v) is 9.04. The molecular formula is C10H18O4. The Hall–Kier alpha value is -0.870. The summed E-state index contributed by atoms with van der Waals surface area (Å²) in [7, 11) is 1.58. The number of esters is 1. The van der Waals surface area contributed by atoms with Gasteiger partial charge in [0.25, 0.3) is 0 Å². The summed E-state index contributed by atoms with van der Waals surface area (Å²) in [4.78, 5) is 10.9. The van der Waals surface area contributed by atoms with E-state index in [0.29, 0.717) is 25.2 Å². The number of hydrogen-bond donors (Lipinski definition) is 0. The molecular weight excluding hydrogens is 184 g/mol. The fraction of sp³-hybridized carbons (Fsp3) is 0.700. The van der Waals surface area contributed by atoms with Crippen molar-refractivity contribution in [3.8, 4) is 0 Å². The summed E-state index contributed by atoms with van der Waals surface area (Å²) < 4.78 is 14.9. The molecule has 1 atom stereocenters. The Morgan fingerprint density at radius 1 is 1.43 bits per heavy atom. The SMILES string of the molecule is C=C(C)C(=O)OCCCOC(C)OC. The number of carbonyl (C=O) groups is 1. The van der Waals surface area contributed by atoms with Crippen molar-refractivity contribution in [3.63, 3.8) is 0 Å². The Morgan fingerprint density at radius 2 is 2.07 bits per heavy atom. The fourth-order valence-corrected chi connectivity index (χ4v) is 0.664. The monoisotopic (exact) mass is 202 g/mol. The van der Waals surface area contributed by atoms with Crippen LogP contribution in [0.1, 0.15) is 20.3 Å². The second-order valence-electron chi connectivity index (χ2n) is 2.94. The molecule has 0 radical (unpaired) electrons. The van der Waals surface area contributed by atoms with Crippen LogP contribution in [0.4, 0.5) is 0 Å². The lowest BCUT2D eigenvalue weighted by atomic mass is 10.4. The van der Waals surface area contributed by atoms with Crippen LogP contribution >= 0.6 is 0 Å². The zero-order valence-electron chi connectivity index (χ0n) is 9.04. The highest BCUT2D eigenvalue weighted by Crippen LogP contribution is 1.96. The predicted molar refractivity (Wildman–Crippen MR) is 52.8 cm³/mol. The Balaban J connectivity index is 3.30. The van der Waals surface area contributed by atoms with E-state index in [1.54, 1.807) is 21.0 Å². The quantitative estimate of drug-likeness (QED) is 0.271. The molecule has 0 rings (SSSR count). The molecule has 0 saturated carbocycles. The molecule has 0 amide bonds. The van der Waals surface area contributed by atoms with E-state index >= 15 is 0 Å². The van der Waals surface area contributed by atoms with Crippen LogP contribution in [0.15, 0.2) is 12.2 Å². The summed E-state index contributed by atoms with van der Waals surface area (Å²) in [5.74, 6) is -0.357. The first-order chi connectivity index (χ1) is 6.57. The second-order valence-corrected chi connectivity index (χ2v) is 2.94. The third-order valence-corrected chi connectivity index (χ3v) is 1.55. The molecule has 0 aromatic carbocycles. The number of rotatable bonds is 7. The van der Waals surface area contributed by atoms with Gasteiger partial charge < -0.3 is 14.2 Å². The number of hydrogen-bond acceptors (Lipinski definition) is 4. The average molecular weight is 202 g/mol. The summed E-state index contributed by atoms with van der Waals surface area (Å²) in [6, 6.07) is 0. The van der Waals surface area contributed by atoms with E-state index in [4.69, 9.17) is 14.2 Å². The van der Waals surface area contributed by atoms with Gasteiger partial charge in [-0.3, -0.25) is 0 Å². The lowest BCUT2D eigenvalue weighted by Gasteiger charge is -2.10. The molecule has 0 aliphatic heterocycles. The average Bonchev–Trinajstić information content (AvgIpc) is 2.16. The summed E-state index contributed by atoms with van der Waals surface area (Å²) >= 11 is 0. The van der Waals surface area contributed by atoms with Crippen molar-refractivity contribution in [3.05, 3.63) is 12.2 Å². The largest absolute Gasteiger partial charge is 0.462 e. The van der Waals surface area contributed by atoms with Crippen molar-refractivity contribution >= 4 is 5.97 Å². The fourth-order valence-electron chi connectivity index (χ4n) is 0.664. The topological polar surface area (TPSA) is 44.8 Å². The van der Waals surface area contributed by atoms with Crippen molar-refractivity contribution < 1.29 is 19.0 Å². The molecule has 0 aliphatic rings. The highest BCUT2D eigenvalue weighted by Gasteiger charge is 2.02. The molecule has 1 unspecified atom stereocenters. The third kappa shape index (κ3) is 6.62. The maximum atomic E-state index is 10.9. The van der Waals surface area contributed by atoms with Crippen LogP contribution in [-0.2, 0) is 19.0 Å². The van der Waals surface area contributed by atoms with Gasteiger partial charge in [0.15, 0.2) is 6.29 Å². The van der Waals surface area contributed by atoms with Gasteiger partial charge in [0.1, 0.15) is 0 Å². The van der Waals surface area contributed by atoms with Crippen LogP contribution in [0.5, 0.6) is 0 Å². The molecule has 4 nitrogen and oxygen atoms in total. The van der Waals surface area contributed by atoms with Gasteiger partial charge in [-0.15, -0.1) is 0 Å². The molecule has 82 valence electrons. The van der Waals surface area contributed by atoms with E-state index in [9.17, 15) is 4.79 Å². The van der Waals surface area contributed by atoms with Crippen LogP contribution < -0.4 is 0 Å². The summed E-state index contributed by atoms with van der Waals surface area (Å²) in [6.07, 6.45) is 0.444. The molecule has 0 N–H and O–H groups in total. The van der Waals surface area contributed by atoms with Gasteiger partial charge >= 0.3 is 5.97 Å². The number of methoxy groups -OCH3 is 1. The van der Waals surface area contributed by atoms with Gasteiger partial charge in [-0.25, -0.2) is 4.79 Å². The van der Waals surface area contributed by atoms with Crippen molar-refractivity contribution in [1.29, 1.82) is 0 Å². The van der Waals surface area contributed by atoms with Gasteiger partial charge in [0.05, 0.1) is 13.2 Å². The second kappa shape index (κ2) is 7.53. The van der Waals surface area contributed by atoms with Gasteiger partial charge in [0.2, 0.25) is 0 Å². The van der Waals surface area contributed by atoms with Gasteiger partial charge in [-0.05, 0) is 13.8 Å². The molecule has 0 fully saturated rings. The highest BCUT2D eigenvalue weighted by atomic mass is 16.7. The molecule has 14 heavy (non-hydrogen) atoms. The lowest BCUT2D eigenvalue weighted by molar-refractivity contribution is -0.141. The van der Waals surface area contributed by atoms with E-state index in [2.05, 4.69) is 6.58 Å². The maximum Gasteiger partial charge on any atom is 0.333 e. The number of carbonyl (C=O) groups excluding carboxylic acids is 1. The van der Waals surface area contributed by atoms with Gasteiger partial charge in [0, 0.05) is 19.1 Å². The Bertz CT molecular complexity index is 189. The van der Waals surface area contributed by atoms with E-state index in [-0.39, 0.29) is 12.3 Å². The minimum Gasteiger partial charge on any atom is -0.462 e. The Labute approximate surface area is 84.8 Å². The lowest BCUT2D eigenvalue weighted by Crippen LogP contribution is -2.13. The highest BCUT2D eigenvalue weighted by molar-refractivity contribution is 5.86. The van der Waals surface area contributed by atoms with Crippen molar-refractivity contribution in [1.82, 2.24) is 0 Å². The van der Waals surface area contributed by atoms with Crippen molar-refractivity contribution in [2.45, 2.75) is 26.6 Å². The van der Waals surface area contributed by atoms with Crippen LogP contribution in [0.3, 0.4) is 0 Å². The summed E-state index contributed by atoms with van der Waals surface area (Å²) in [5.41, 5.74) is 0.413. The Kier molecular flexibility index (Phi) is 7.06. The molecule has 0 spiro atoms. The smallest absolute Gasteiger partial charge is 0.333 e. The molecule has 0 aromatic heterocycles. The molecule has 0 aliphatic carbocycles. The predicted octanol–water partition coefficient (Wildman–Crippen LogP) is 1.50. The van der Waals surface area contributed by atoms with E-state index in [1.807, 2.05) is 0 Å². The number of ether oxygens (including phenoxy) is 3. The van der Waals surface area contributed by atoms with E-state index in [0.717, 1.165) is 0 Å². The maximum absolute atomic E-state index is 10.9. The first-order valence-electron chi connectivity index (χ1n) is 4.55. The molecule has 0 aromatic rings. The third-order valence-electron chi connectivity index (χ3n) is 1.55. The van der Waals surface area contributed by atoms with E-state index < -0.39 is 0 Å². The summed E-state index contributed by atoms with van der Waals surface area (Å²) in [6.45, 7) is 7.75. The first-order valence-corrected chi connectivity index (χ1v) is 4.55. The van der Waals surface area contributed by atoms with Gasteiger partial charge in [-0.2, -0.15) is 0 Å². The first kappa shape index (κ1) is 13.1. The summed E-state index contributed by atoms with van der Waals surface area (Å²) in [5, 5.41) is 0. The zero-order chi connectivity index (χ0) is 11.0.